The molecule has 1 heterocycles. The molecule has 0 spiro atoms. The Morgan fingerprint density at radius 2 is 2.38 bits per heavy atom. The SMILES string of the molecule is CC#Cc1nnc([C@@H](N)COC)o1. The van der Waals surface area contributed by atoms with Gasteiger partial charge in [-0.1, -0.05) is 11.0 Å². The van der Waals surface area contributed by atoms with Crippen molar-refractivity contribution in [2.24, 2.45) is 5.73 Å². The van der Waals surface area contributed by atoms with E-state index in [1.807, 2.05) is 0 Å². The molecule has 1 aromatic heterocycles. The molecule has 0 radical (unpaired) electrons. The van der Waals surface area contributed by atoms with E-state index in [-0.39, 0.29) is 11.9 Å². The molecule has 0 saturated carbocycles. The molecule has 70 valence electrons. The second-order valence-electron chi connectivity index (χ2n) is 2.38. The molecule has 0 aliphatic heterocycles. The fourth-order valence-electron chi connectivity index (χ4n) is 0.793. The largest absolute Gasteiger partial charge is 0.413 e. The molecule has 0 aromatic carbocycles. The molecule has 0 bridgehead atoms. The molecule has 0 amide bonds. The van der Waals surface area contributed by atoms with Crippen LogP contribution in [0.4, 0.5) is 0 Å². The van der Waals surface area contributed by atoms with Crippen LogP contribution in [0.25, 0.3) is 0 Å². The van der Waals surface area contributed by atoms with Crippen LogP contribution >= 0.6 is 0 Å². The molecule has 2 N–H and O–H groups in total. The highest BCUT2D eigenvalue weighted by molar-refractivity contribution is 5.15. The van der Waals surface area contributed by atoms with E-state index < -0.39 is 0 Å². The molecule has 0 fully saturated rings. The Kier molecular flexibility index (Phi) is 3.43. The summed E-state index contributed by atoms with van der Waals surface area (Å²) in [6.45, 7) is 2.04. The fraction of sp³-hybridized carbons (Fsp3) is 0.500. The van der Waals surface area contributed by atoms with Crippen molar-refractivity contribution in [2.75, 3.05) is 13.7 Å². The van der Waals surface area contributed by atoms with E-state index in [1.54, 1.807) is 14.0 Å². The molecule has 0 aliphatic rings. The lowest BCUT2D eigenvalue weighted by Gasteiger charge is -2.02. The first kappa shape index (κ1) is 9.71. The lowest BCUT2D eigenvalue weighted by atomic mass is 10.3. The maximum absolute atomic E-state index is 5.65. The molecule has 5 nitrogen and oxygen atoms in total. The Morgan fingerprint density at radius 1 is 1.62 bits per heavy atom. The summed E-state index contributed by atoms with van der Waals surface area (Å²) in [5.74, 6) is 5.92. The number of nitrogens with two attached hydrogens (primary N) is 1. The molecule has 1 atom stereocenters. The summed E-state index contributed by atoms with van der Waals surface area (Å²) in [4.78, 5) is 0. The van der Waals surface area contributed by atoms with Crippen LogP contribution in [-0.2, 0) is 4.74 Å². The molecule has 0 unspecified atom stereocenters. The first-order valence-electron chi connectivity index (χ1n) is 3.78. The van der Waals surface area contributed by atoms with Crippen LogP contribution in [0, 0.1) is 11.8 Å². The zero-order valence-corrected chi connectivity index (χ0v) is 7.57. The van der Waals surface area contributed by atoms with Crippen LogP contribution in [0.3, 0.4) is 0 Å². The van der Waals surface area contributed by atoms with Crippen molar-refractivity contribution in [1.82, 2.24) is 10.2 Å². The van der Waals surface area contributed by atoms with Gasteiger partial charge in [0.05, 0.1) is 6.61 Å². The Bertz CT molecular complexity index is 324. The molecule has 0 saturated heterocycles. The van der Waals surface area contributed by atoms with Gasteiger partial charge in [0.2, 0.25) is 5.89 Å². The van der Waals surface area contributed by atoms with E-state index in [1.165, 1.54) is 0 Å². The maximum Gasteiger partial charge on any atom is 0.293 e. The van der Waals surface area contributed by atoms with Crippen LogP contribution in [0.5, 0.6) is 0 Å². The third-order valence-electron chi connectivity index (χ3n) is 1.34. The molecular weight excluding hydrogens is 170 g/mol. The Labute approximate surface area is 76.3 Å². The minimum atomic E-state index is -0.384. The van der Waals surface area contributed by atoms with Gasteiger partial charge in [-0.05, 0) is 12.8 Å². The summed E-state index contributed by atoms with van der Waals surface area (Å²) in [6, 6.07) is -0.384. The highest BCUT2D eigenvalue weighted by atomic mass is 16.5. The van der Waals surface area contributed by atoms with Gasteiger partial charge in [0.1, 0.15) is 6.04 Å². The van der Waals surface area contributed by atoms with Gasteiger partial charge in [0.25, 0.3) is 5.89 Å². The zero-order chi connectivity index (χ0) is 9.68. The van der Waals surface area contributed by atoms with Crippen molar-refractivity contribution in [3.63, 3.8) is 0 Å². The number of ether oxygens (including phenoxy) is 1. The molecular formula is C8H11N3O2. The van der Waals surface area contributed by atoms with Gasteiger partial charge in [-0.25, -0.2) is 0 Å². The van der Waals surface area contributed by atoms with Crippen molar-refractivity contribution >= 4 is 0 Å². The van der Waals surface area contributed by atoms with E-state index in [2.05, 4.69) is 22.0 Å². The van der Waals surface area contributed by atoms with Crippen LogP contribution in [0.15, 0.2) is 4.42 Å². The van der Waals surface area contributed by atoms with E-state index in [4.69, 9.17) is 14.9 Å². The highest BCUT2D eigenvalue weighted by Gasteiger charge is 2.12. The summed E-state index contributed by atoms with van der Waals surface area (Å²) in [5.41, 5.74) is 5.65. The van der Waals surface area contributed by atoms with Gasteiger partial charge in [0, 0.05) is 7.11 Å². The first-order chi connectivity index (χ1) is 6.27. The Balaban J connectivity index is 2.71. The maximum atomic E-state index is 5.65. The third-order valence-corrected chi connectivity index (χ3v) is 1.34. The van der Waals surface area contributed by atoms with E-state index >= 15 is 0 Å². The Morgan fingerprint density at radius 3 is 3.00 bits per heavy atom. The summed E-state index contributed by atoms with van der Waals surface area (Å²) >= 11 is 0. The van der Waals surface area contributed by atoms with Crippen molar-refractivity contribution in [1.29, 1.82) is 0 Å². The fourth-order valence-corrected chi connectivity index (χ4v) is 0.793. The number of hydrogen-bond acceptors (Lipinski definition) is 5. The number of methoxy groups -OCH3 is 1. The van der Waals surface area contributed by atoms with Crippen LogP contribution < -0.4 is 5.73 Å². The van der Waals surface area contributed by atoms with Crippen molar-refractivity contribution in [2.45, 2.75) is 13.0 Å². The Hall–Kier alpha value is -1.38. The lowest BCUT2D eigenvalue weighted by Crippen LogP contribution is -2.16. The third kappa shape index (κ3) is 2.54. The number of rotatable bonds is 3. The van der Waals surface area contributed by atoms with E-state index in [0.717, 1.165) is 0 Å². The van der Waals surface area contributed by atoms with Gasteiger partial charge in [0.15, 0.2) is 0 Å². The van der Waals surface area contributed by atoms with Crippen LogP contribution in [0.1, 0.15) is 24.7 Å². The predicted octanol–water partition coefficient (Wildman–Crippen LogP) is 0.0872. The van der Waals surface area contributed by atoms with Gasteiger partial charge in [-0.15, -0.1) is 5.10 Å². The molecule has 0 aliphatic carbocycles. The number of aromatic nitrogens is 2. The topological polar surface area (TPSA) is 74.2 Å². The molecule has 1 rings (SSSR count). The monoisotopic (exact) mass is 181 g/mol. The standard InChI is InChI=1S/C8H11N3O2/c1-3-4-7-10-11-8(13-7)6(9)5-12-2/h6H,5,9H2,1-2H3/t6-/m0/s1. The van der Waals surface area contributed by atoms with Crippen molar-refractivity contribution in [3.8, 4) is 11.8 Å². The average Bonchev–Trinajstić information content (AvgIpc) is 2.54. The highest BCUT2D eigenvalue weighted by Crippen LogP contribution is 2.07. The van der Waals surface area contributed by atoms with Gasteiger partial charge >= 0.3 is 0 Å². The van der Waals surface area contributed by atoms with Crippen molar-refractivity contribution < 1.29 is 9.15 Å². The van der Waals surface area contributed by atoms with Gasteiger partial charge in [-0.2, -0.15) is 0 Å². The molecule has 13 heavy (non-hydrogen) atoms. The van der Waals surface area contributed by atoms with Gasteiger partial charge in [-0.3, -0.25) is 0 Å². The minimum absolute atomic E-state index is 0.282. The molecule has 5 heteroatoms. The van der Waals surface area contributed by atoms with Gasteiger partial charge < -0.3 is 14.9 Å². The molecule has 1 aromatic rings. The zero-order valence-electron chi connectivity index (χ0n) is 7.57. The van der Waals surface area contributed by atoms with Crippen LogP contribution in [-0.4, -0.2) is 23.9 Å². The number of hydrogen-bond donors (Lipinski definition) is 1. The predicted molar refractivity (Wildman–Crippen MR) is 45.7 cm³/mol. The summed E-state index contributed by atoms with van der Waals surface area (Å²) in [6.07, 6.45) is 0. The summed E-state index contributed by atoms with van der Waals surface area (Å²) in [7, 11) is 1.56. The summed E-state index contributed by atoms with van der Waals surface area (Å²) in [5, 5.41) is 7.41. The second kappa shape index (κ2) is 4.60. The minimum Gasteiger partial charge on any atom is -0.413 e. The average molecular weight is 181 g/mol. The number of nitrogens with zero attached hydrogens (tertiary/aromatic N) is 2. The van der Waals surface area contributed by atoms with E-state index in [0.29, 0.717) is 12.5 Å². The second-order valence-corrected chi connectivity index (χ2v) is 2.38. The van der Waals surface area contributed by atoms with Crippen LogP contribution in [0.2, 0.25) is 0 Å². The normalized spacial score (nSPS) is 11.9. The summed E-state index contributed by atoms with van der Waals surface area (Å²) < 4.78 is 9.98. The lowest BCUT2D eigenvalue weighted by molar-refractivity contribution is 0.170. The van der Waals surface area contributed by atoms with Crippen molar-refractivity contribution in [3.05, 3.63) is 11.8 Å². The quantitative estimate of drug-likeness (QED) is 0.669. The first-order valence-corrected chi connectivity index (χ1v) is 3.78. The van der Waals surface area contributed by atoms with E-state index in [9.17, 15) is 0 Å². The smallest absolute Gasteiger partial charge is 0.293 e.